The predicted octanol–water partition coefficient (Wildman–Crippen LogP) is 2.36. The number of fused-ring (bicyclic) bond motifs is 1. The molecule has 0 atom stereocenters. The molecule has 1 aromatic heterocycles. The van der Waals surface area contributed by atoms with Gasteiger partial charge in [-0.25, -0.2) is 4.79 Å². The largest absolute Gasteiger partial charge is 0.414 e. The Balaban J connectivity index is 2.28. The topological polar surface area (TPSA) is 110 Å². The molecule has 106 valence electrons. The van der Waals surface area contributed by atoms with Crippen LogP contribution in [0.1, 0.15) is 20.8 Å². The van der Waals surface area contributed by atoms with Crippen molar-refractivity contribution in [2.75, 3.05) is 0 Å². The van der Waals surface area contributed by atoms with E-state index in [2.05, 4.69) is 15.5 Å². The Morgan fingerprint density at radius 1 is 1.45 bits per heavy atom. The number of nitro groups is 1. The van der Waals surface area contributed by atoms with Gasteiger partial charge in [0, 0.05) is 17.7 Å². The Morgan fingerprint density at radius 2 is 2.15 bits per heavy atom. The van der Waals surface area contributed by atoms with Crippen LogP contribution >= 0.6 is 0 Å². The number of nitrogens with one attached hydrogen (secondary N) is 2. The van der Waals surface area contributed by atoms with Crippen LogP contribution in [0.5, 0.6) is 5.88 Å². The summed E-state index contributed by atoms with van der Waals surface area (Å²) in [7, 11) is 0. The smallest absolute Gasteiger partial charge is 0.389 e. The highest BCUT2D eigenvalue weighted by atomic mass is 16.6. The second-order valence-corrected chi connectivity index (χ2v) is 5.28. The standard InChI is InChI=1S/C12H14N4O4/c1-12(2,3)13-11(17)20-10-8-6-7(16(18)19)4-5-9(8)14-15-10/h4-6H,1-3H3,(H,13,17)(H,14,15). The zero-order valence-electron chi connectivity index (χ0n) is 11.3. The van der Waals surface area contributed by atoms with E-state index in [1.165, 1.54) is 18.2 Å². The molecule has 0 unspecified atom stereocenters. The first-order chi connectivity index (χ1) is 9.26. The van der Waals surface area contributed by atoms with Crippen LogP contribution in [0.3, 0.4) is 0 Å². The van der Waals surface area contributed by atoms with Crippen LogP contribution in [0.25, 0.3) is 10.9 Å². The fourth-order valence-electron chi connectivity index (χ4n) is 1.59. The summed E-state index contributed by atoms with van der Waals surface area (Å²) in [4.78, 5) is 21.9. The number of rotatable bonds is 2. The molecule has 0 saturated carbocycles. The van der Waals surface area contributed by atoms with Gasteiger partial charge in [0.25, 0.3) is 11.6 Å². The minimum Gasteiger partial charge on any atom is -0.389 e. The van der Waals surface area contributed by atoms with Crippen LogP contribution in [-0.4, -0.2) is 26.8 Å². The first kappa shape index (κ1) is 13.8. The molecule has 0 saturated heterocycles. The number of hydrogen-bond donors (Lipinski definition) is 2. The van der Waals surface area contributed by atoms with E-state index in [4.69, 9.17) is 4.74 Å². The highest BCUT2D eigenvalue weighted by molar-refractivity contribution is 5.88. The molecule has 0 spiro atoms. The molecule has 1 amide bonds. The first-order valence-electron chi connectivity index (χ1n) is 5.89. The van der Waals surface area contributed by atoms with Crippen molar-refractivity contribution < 1.29 is 14.5 Å². The zero-order valence-corrected chi connectivity index (χ0v) is 11.3. The van der Waals surface area contributed by atoms with E-state index in [9.17, 15) is 14.9 Å². The molecule has 8 nitrogen and oxygen atoms in total. The van der Waals surface area contributed by atoms with Crippen LogP contribution in [-0.2, 0) is 0 Å². The summed E-state index contributed by atoms with van der Waals surface area (Å²) < 4.78 is 5.06. The molecule has 0 bridgehead atoms. The van der Waals surface area contributed by atoms with Gasteiger partial charge < -0.3 is 10.1 Å². The highest BCUT2D eigenvalue weighted by Gasteiger charge is 2.19. The van der Waals surface area contributed by atoms with Crippen molar-refractivity contribution in [1.29, 1.82) is 0 Å². The van der Waals surface area contributed by atoms with Gasteiger partial charge in [-0.2, -0.15) is 0 Å². The molecule has 2 rings (SSSR count). The third kappa shape index (κ3) is 3.02. The maximum Gasteiger partial charge on any atom is 0.414 e. The van der Waals surface area contributed by atoms with Crippen LogP contribution in [0, 0.1) is 10.1 Å². The maximum atomic E-state index is 11.7. The third-order valence-electron chi connectivity index (χ3n) is 2.39. The molecule has 0 radical (unpaired) electrons. The molecule has 0 aliphatic rings. The summed E-state index contributed by atoms with van der Waals surface area (Å²) in [5.74, 6) is 0.00505. The van der Waals surface area contributed by atoms with Crippen molar-refractivity contribution in [3.05, 3.63) is 28.3 Å². The number of hydrogen-bond acceptors (Lipinski definition) is 5. The van der Waals surface area contributed by atoms with E-state index < -0.39 is 16.6 Å². The van der Waals surface area contributed by atoms with Gasteiger partial charge in [0.1, 0.15) is 0 Å². The van der Waals surface area contributed by atoms with E-state index >= 15 is 0 Å². The molecule has 0 aliphatic carbocycles. The van der Waals surface area contributed by atoms with E-state index in [-0.39, 0.29) is 11.6 Å². The normalized spacial score (nSPS) is 11.3. The van der Waals surface area contributed by atoms with Gasteiger partial charge in [-0.3, -0.25) is 15.2 Å². The number of aromatic amines is 1. The number of nitrogens with zero attached hydrogens (tertiary/aromatic N) is 2. The average Bonchev–Trinajstić information content (AvgIpc) is 2.69. The molecule has 0 fully saturated rings. The van der Waals surface area contributed by atoms with Crippen LogP contribution in [0.4, 0.5) is 10.5 Å². The molecular weight excluding hydrogens is 264 g/mol. The Labute approximate surface area is 114 Å². The van der Waals surface area contributed by atoms with Crippen molar-refractivity contribution in [2.45, 2.75) is 26.3 Å². The number of amides is 1. The molecule has 8 heteroatoms. The van der Waals surface area contributed by atoms with Crippen LogP contribution < -0.4 is 10.1 Å². The number of ether oxygens (including phenoxy) is 1. The van der Waals surface area contributed by atoms with Gasteiger partial charge >= 0.3 is 6.09 Å². The van der Waals surface area contributed by atoms with E-state index in [0.717, 1.165) is 0 Å². The molecule has 2 N–H and O–H groups in total. The SMILES string of the molecule is CC(C)(C)NC(=O)Oc1n[nH]c2ccc([N+](=O)[O-])cc12. The van der Waals surface area contributed by atoms with Crippen molar-refractivity contribution in [1.82, 2.24) is 15.5 Å². The number of aromatic nitrogens is 2. The zero-order chi connectivity index (χ0) is 14.9. The van der Waals surface area contributed by atoms with E-state index in [1.807, 2.05) is 20.8 Å². The first-order valence-corrected chi connectivity index (χ1v) is 5.89. The maximum absolute atomic E-state index is 11.7. The fourth-order valence-corrected chi connectivity index (χ4v) is 1.59. The lowest BCUT2D eigenvalue weighted by molar-refractivity contribution is -0.384. The second-order valence-electron chi connectivity index (χ2n) is 5.28. The molecule has 20 heavy (non-hydrogen) atoms. The van der Waals surface area contributed by atoms with Crippen molar-refractivity contribution in [3.8, 4) is 5.88 Å². The van der Waals surface area contributed by atoms with Crippen LogP contribution in [0.2, 0.25) is 0 Å². The molecule has 1 heterocycles. The second kappa shape index (κ2) is 4.80. The number of carbonyl (C=O) groups is 1. The summed E-state index contributed by atoms with van der Waals surface area (Å²) in [6.07, 6.45) is -0.669. The number of non-ortho nitro benzene ring substituents is 1. The quantitative estimate of drug-likeness (QED) is 0.647. The summed E-state index contributed by atoms with van der Waals surface area (Å²) in [6, 6.07) is 4.16. The fraction of sp³-hybridized carbons (Fsp3) is 0.333. The van der Waals surface area contributed by atoms with Gasteiger partial charge in [-0.15, -0.1) is 5.10 Å². The third-order valence-corrected chi connectivity index (χ3v) is 2.39. The van der Waals surface area contributed by atoms with Gasteiger partial charge in [-0.05, 0) is 26.8 Å². The number of benzene rings is 1. The molecule has 2 aromatic rings. The summed E-state index contributed by atoms with van der Waals surface area (Å²) in [5, 5.41) is 20.2. The molecule has 1 aromatic carbocycles. The monoisotopic (exact) mass is 278 g/mol. The van der Waals surface area contributed by atoms with Crippen molar-refractivity contribution >= 4 is 22.7 Å². The van der Waals surface area contributed by atoms with E-state index in [1.54, 1.807) is 0 Å². The molecule has 0 aliphatic heterocycles. The summed E-state index contributed by atoms with van der Waals surface area (Å²) >= 11 is 0. The Kier molecular flexibility index (Phi) is 3.31. The Bertz CT molecular complexity index is 672. The highest BCUT2D eigenvalue weighted by Crippen LogP contribution is 2.26. The summed E-state index contributed by atoms with van der Waals surface area (Å²) in [5.41, 5.74) is 0.00369. The Morgan fingerprint density at radius 3 is 2.75 bits per heavy atom. The van der Waals surface area contributed by atoms with Crippen molar-refractivity contribution in [2.24, 2.45) is 0 Å². The minimum absolute atomic E-state index is 0.00505. The van der Waals surface area contributed by atoms with Gasteiger partial charge in [0.05, 0.1) is 15.8 Å². The Hall–Kier alpha value is -2.64. The number of nitro benzene ring substituents is 1. The number of H-pyrrole nitrogens is 1. The predicted molar refractivity (Wildman–Crippen MR) is 71.7 cm³/mol. The minimum atomic E-state index is -0.669. The number of carbonyl (C=O) groups excluding carboxylic acids is 1. The van der Waals surface area contributed by atoms with Crippen LogP contribution in [0.15, 0.2) is 18.2 Å². The average molecular weight is 278 g/mol. The van der Waals surface area contributed by atoms with Crippen molar-refractivity contribution in [3.63, 3.8) is 0 Å². The van der Waals surface area contributed by atoms with Gasteiger partial charge in [0.2, 0.25) is 0 Å². The van der Waals surface area contributed by atoms with E-state index in [0.29, 0.717) is 10.9 Å². The van der Waals surface area contributed by atoms with Gasteiger partial charge in [-0.1, -0.05) is 0 Å². The summed E-state index contributed by atoms with van der Waals surface area (Å²) in [6.45, 7) is 5.42. The lowest BCUT2D eigenvalue weighted by Gasteiger charge is -2.19. The van der Waals surface area contributed by atoms with Gasteiger partial charge in [0.15, 0.2) is 0 Å². The lowest BCUT2D eigenvalue weighted by atomic mass is 10.1. The lowest BCUT2D eigenvalue weighted by Crippen LogP contribution is -2.42. The molecular formula is C12H14N4O4.